The van der Waals surface area contributed by atoms with Crippen LogP contribution in [-0.4, -0.2) is 30.9 Å². The molecule has 108 valence electrons. The fraction of sp³-hybridized carbons (Fsp3) is 0.571. The van der Waals surface area contributed by atoms with Gasteiger partial charge in [0.15, 0.2) is 0 Å². The summed E-state index contributed by atoms with van der Waals surface area (Å²) in [5.74, 6) is 0.606. The molecule has 1 rings (SSSR count). The zero-order valence-corrected chi connectivity index (χ0v) is 12.8. The lowest BCUT2D eigenvalue weighted by molar-refractivity contribution is 0.333. The summed E-state index contributed by atoms with van der Waals surface area (Å²) < 4.78 is 26.6. The number of aromatic hydroxyl groups is 1. The fourth-order valence-corrected chi connectivity index (χ4v) is 3.62. The van der Waals surface area contributed by atoms with Crippen LogP contribution in [0.2, 0.25) is 0 Å². The molecule has 1 aromatic carbocycles. The van der Waals surface area contributed by atoms with Gasteiger partial charge in [0, 0.05) is 13.1 Å². The summed E-state index contributed by atoms with van der Waals surface area (Å²) in [7, 11) is -3.49. The van der Waals surface area contributed by atoms with Gasteiger partial charge in [-0.15, -0.1) is 0 Å². The lowest BCUT2D eigenvalue weighted by Gasteiger charge is -2.25. The third-order valence-corrected chi connectivity index (χ3v) is 4.46. The summed E-state index contributed by atoms with van der Waals surface area (Å²) in [6.45, 7) is 9.00. The average molecular weight is 285 g/mol. The first kappa shape index (κ1) is 16.0. The largest absolute Gasteiger partial charge is 0.508 e. The van der Waals surface area contributed by atoms with E-state index in [4.69, 9.17) is 0 Å². The summed E-state index contributed by atoms with van der Waals surface area (Å²) in [6.07, 6.45) is 0. The molecule has 0 amide bonds. The van der Waals surface area contributed by atoms with E-state index in [1.165, 1.54) is 28.6 Å². The van der Waals surface area contributed by atoms with E-state index in [0.717, 1.165) is 0 Å². The van der Waals surface area contributed by atoms with Gasteiger partial charge >= 0.3 is 0 Å². The van der Waals surface area contributed by atoms with E-state index in [2.05, 4.69) is 0 Å². The van der Waals surface area contributed by atoms with E-state index in [1.54, 1.807) is 0 Å². The zero-order chi connectivity index (χ0) is 14.6. The molecule has 0 aliphatic rings. The van der Waals surface area contributed by atoms with Crippen LogP contribution in [0.3, 0.4) is 0 Å². The van der Waals surface area contributed by atoms with Gasteiger partial charge in [-0.05, 0) is 36.1 Å². The second-order valence-electron chi connectivity index (χ2n) is 5.60. The van der Waals surface area contributed by atoms with Crippen molar-refractivity contribution in [3.63, 3.8) is 0 Å². The molecule has 0 spiro atoms. The standard InChI is InChI=1S/C14H23NO3S/c1-11(2)9-15(10-12(3)4)19(17,18)14-7-5-13(16)6-8-14/h5-8,11-12,16H,9-10H2,1-4H3. The molecule has 0 aromatic heterocycles. The zero-order valence-electron chi connectivity index (χ0n) is 12.0. The first-order valence-corrected chi connectivity index (χ1v) is 7.96. The Hall–Kier alpha value is -1.07. The maximum Gasteiger partial charge on any atom is 0.243 e. The van der Waals surface area contributed by atoms with Crippen LogP contribution in [-0.2, 0) is 10.0 Å². The minimum Gasteiger partial charge on any atom is -0.508 e. The van der Waals surface area contributed by atoms with Crippen molar-refractivity contribution < 1.29 is 13.5 Å². The van der Waals surface area contributed by atoms with E-state index in [-0.39, 0.29) is 22.5 Å². The smallest absolute Gasteiger partial charge is 0.243 e. The number of phenols is 1. The summed E-state index contributed by atoms with van der Waals surface area (Å²) >= 11 is 0. The van der Waals surface area contributed by atoms with Crippen molar-refractivity contribution in [3.05, 3.63) is 24.3 Å². The highest BCUT2D eigenvalue weighted by molar-refractivity contribution is 7.89. The van der Waals surface area contributed by atoms with Crippen molar-refractivity contribution in [2.45, 2.75) is 32.6 Å². The van der Waals surface area contributed by atoms with Gasteiger partial charge in [0.25, 0.3) is 0 Å². The average Bonchev–Trinajstić information content (AvgIpc) is 2.27. The van der Waals surface area contributed by atoms with Crippen LogP contribution in [0.1, 0.15) is 27.7 Å². The predicted molar refractivity (Wildman–Crippen MR) is 76.5 cm³/mol. The Morgan fingerprint density at radius 2 is 1.42 bits per heavy atom. The normalized spacial score (nSPS) is 12.6. The molecule has 1 N–H and O–H groups in total. The van der Waals surface area contributed by atoms with Crippen LogP contribution in [0.4, 0.5) is 0 Å². The van der Waals surface area contributed by atoms with Crippen LogP contribution < -0.4 is 0 Å². The summed E-state index contributed by atoms with van der Waals surface area (Å²) in [6, 6.07) is 5.68. The van der Waals surface area contributed by atoms with Gasteiger partial charge in [-0.3, -0.25) is 0 Å². The molecular formula is C14H23NO3S. The molecule has 19 heavy (non-hydrogen) atoms. The van der Waals surface area contributed by atoms with Crippen LogP contribution >= 0.6 is 0 Å². The fourth-order valence-electron chi connectivity index (χ4n) is 1.85. The lowest BCUT2D eigenvalue weighted by Crippen LogP contribution is -2.36. The Kier molecular flexibility index (Phi) is 5.38. The molecule has 0 fully saturated rings. The Morgan fingerprint density at radius 1 is 1.00 bits per heavy atom. The molecule has 1 aromatic rings. The van der Waals surface area contributed by atoms with E-state index >= 15 is 0 Å². The highest BCUT2D eigenvalue weighted by Crippen LogP contribution is 2.20. The SMILES string of the molecule is CC(C)CN(CC(C)C)S(=O)(=O)c1ccc(O)cc1. The first-order valence-electron chi connectivity index (χ1n) is 6.52. The van der Waals surface area contributed by atoms with Crippen LogP contribution in [0.25, 0.3) is 0 Å². The molecule has 0 heterocycles. The molecular weight excluding hydrogens is 262 g/mol. The molecule has 4 nitrogen and oxygen atoms in total. The molecule has 0 saturated carbocycles. The van der Waals surface area contributed by atoms with Gasteiger partial charge in [-0.2, -0.15) is 4.31 Å². The summed E-state index contributed by atoms with van der Waals surface area (Å²) in [4.78, 5) is 0.228. The molecule has 0 aliphatic heterocycles. The second-order valence-corrected chi connectivity index (χ2v) is 7.54. The van der Waals surface area contributed by atoms with Gasteiger partial charge in [-0.1, -0.05) is 27.7 Å². The van der Waals surface area contributed by atoms with Crippen molar-refractivity contribution in [2.75, 3.05) is 13.1 Å². The Bertz CT molecular complexity index is 482. The van der Waals surface area contributed by atoms with E-state index in [0.29, 0.717) is 13.1 Å². The minimum atomic E-state index is -3.49. The molecule has 0 bridgehead atoms. The van der Waals surface area contributed by atoms with Gasteiger partial charge in [0.2, 0.25) is 10.0 Å². The third-order valence-electron chi connectivity index (χ3n) is 2.61. The maximum atomic E-state index is 12.6. The highest BCUT2D eigenvalue weighted by Gasteiger charge is 2.25. The summed E-state index contributed by atoms with van der Waals surface area (Å²) in [5, 5.41) is 9.24. The van der Waals surface area contributed by atoms with Crippen molar-refractivity contribution in [3.8, 4) is 5.75 Å². The predicted octanol–water partition coefficient (Wildman–Crippen LogP) is 2.69. The van der Waals surface area contributed by atoms with Gasteiger partial charge in [0.1, 0.15) is 5.75 Å². The van der Waals surface area contributed by atoms with Crippen molar-refractivity contribution in [1.29, 1.82) is 0 Å². The van der Waals surface area contributed by atoms with Crippen molar-refractivity contribution >= 4 is 10.0 Å². The van der Waals surface area contributed by atoms with Crippen molar-refractivity contribution in [1.82, 2.24) is 4.31 Å². The Balaban J connectivity index is 3.07. The lowest BCUT2D eigenvalue weighted by atomic mass is 10.2. The number of rotatable bonds is 6. The monoisotopic (exact) mass is 285 g/mol. The molecule has 0 atom stereocenters. The summed E-state index contributed by atoms with van der Waals surface area (Å²) in [5.41, 5.74) is 0. The molecule has 0 unspecified atom stereocenters. The highest BCUT2D eigenvalue weighted by atomic mass is 32.2. The van der Waals surface area contributed by atoms with Crippen molar-refractivity contribution in [2.24, 2.45) is 11.8 Å². The molecule has 0 saturated heterocycles. The van der Waals surface area contributed by atoms with Gasteiger partial charge in [0.05, 0.1) is 4.90 Å². The van der Waals surface area contributed by atoms with E-state index in [1.807, 2.05) is 27.7 Å². The first-order chi connectivity index (χ1) is 8.73. The number of phenolic OH excluding ortho intramolecular Hbond substituents is 1. The quantitative estimate of drug-likeness (QED) is 0.874. The number of sulfonamides is 1. The topological polar surface area (TPSA) is 57.6 Å². The number of nitrogens with zero attached hydrogens (tertiary/aromatic N) is 1. The van der Waals surface area contributed by atoms with Crippen LogP contribution in [0, 0.1) is 11.8 Å². The molecule has 0 radical (unpaired) electrons. The maximum absolute atomic E-state index is 12.6. The molecule has 5 heteroatoms. The van der Waals surface area contributed by atoms with Gasteiger partial charge < -0.3 is 5.11 Å². The van der Waals surface area contributed by atoms with Crippen LogP contribution in [0.5, 0.6) is 5.75 Å². The molecule has 0 aliphatic carbocycles. The number of hydrogen-bond acceptors (Lipinski definition) is 3. The second kappa shape index (κ2) is 6.39. The van der Waals surface area contributed by atoms with Gasteiger partial charge in [-0.25, -0.2) is 8.42 Å². The Morgan fingerprint density at radius 3 is 1.79 bits per heavy atom. The number of hydrogen-bond donors (Lipinski definition) is 1. The van der Waals surface area contributed by atoms with E-state index < -0.39 is 10.0 Å². The number of benzene rings is 1. The third kappa shape index (κ3) is 4.51. The Labute approximate surface area is 116 Å². The van der Waals surface area contributed by atoms with Crippen LogP contribution in [0.15, 0.2) is 29.2 Å². The van der Waals surface area contributed by atoms with E-state index in [9.17, 15) is 13.5 Å². The minimum absolute atomic E-state index is 0.0678.